The summed E-state index contributed by atoms with van der Waals surface area (Å²) in [7, 11) is 1.23. The summed E-state index contributed by atoms with van der Waals surface area (Å²) in [4.78, 5) is 33.9. The van der Waals surface area contributed by atoms with Gasteiger partial charge in [0.25, 0.3) is 5.56 Å². The normalized spacial score (nSPS) is 16.2. The molecule has 9 heteroatoms. The Morgan fingerprint density at radius 3 is 2.47 bits per heavy atom. The van der Waals surface area contributed by atoms with Crippen molar-refractivity contribution in [1.82, 2.24) is 14.5 Å². The predicted molar refractivity (Wildman–Crippen MR) is 110 cm³/mol. The molecule has 2 N–H and O–H groups in total. The van der Waals surface area contributed by atoms with Crippen LogP contribution in [0.4, 0.5) is 0 Å². The van der Waals surface area contributed by atoms with Crippen LogP contribution in [0.5, 0.6) is 0 Å². The summed E-state index contributed by atoms with van der Waals surface area (Å²) in [5.41, 5.74) is 7.46. The first-order chi connectivity index (χ1) is 14.6. The second-order valence-corrected chi connectivity index (χ2v) is 7.39. The lowest BCUT2D eigenvalue weighted by Crippen LogP contribution is -2.41. The summed E-state index contributed by atoms with van der Waals surface area (Å²) < 4.78 is 7.04. The van der Waals surface area contributed by atoms with Gasteiger partial charge in [-0.05, 0) is 41.5 Å². The van der Waals surface area contributed by atoms with Crippen molar-refractivity contribution in [2.75, 3.05) is 7.11 Å². The average molecular weight is 417 g/mol. The summed E-state index contributed by atoms with van der Waals surface area (Å²) in [6.45, 7) is 0. The van der Waals surface area contributed by atoms with E-state index in [9.17, 15) is 14.9 Å². The number of pyridine rings is 2. The van der Waals surface area contributed by atoms with Crippen LogP contribution in [0, 0.1) is 11.3 Å². The minimum Gasteiger partial charge on any atom is -0.465 e. The number of hydrogen-bond donors (Lipinski definition) is 1. The van der Waals surface area contributed by atoms with E-state index in [0.29, 0.717) is 14.8 Å². The molecule has 4 heterocycles. The fraction of sp³-hybridized carbons (Fsp3) is 0.0952. The summed E-state index contributed by atoms with van der Waals surface area (Å²) >= 11 is 1.12. The number of fused-ring (bicyclic) bond motifs is 1. The van der Waals surface area contributed by atoms with E-state index in [2.05, 4.69) is 16.0 Å². The van der Waals surface area contributed by atoms with Gasteiger partial charge >= 0.3 is 5.97 Å². The summed E-state index contributed by atoms with van der Waals surface area (Å²) in [5, 5.41) is 9.83. The van der Waals surface area contributed by atoms with E-state index in [1.54, 1.807) is 55.1 Å². The van der Waals surface area contributed by atoms with Crippen molar-refractivity contribution in [3.63, 3.8) is 0 Å². The van der Waals surface area contributed by atoms with Crippen molar-refractivity contribution in [3.8, 4) is 6.07 Å². The Morgan fingerprint density at radius 2 is 1.87 bits per heavy atom. The van der Waals surface area contributed by atoms with Gasteiger partial charge < -0.3 is 10.5 Å². The third-order valence-electron chi connectivity index (χ3n) is 4.70. The lowest BCUT2D eigenvalue weighted by molar-refractivity contribution is -0.133. The number of hydrogen-bond acceptors (Lipinski definition) is 8. The molecule has 148 valence electrons. The van der Waals surface area contributed by atoms with Crippen molar-refractivity contribution in [2.45, 2.75) is 6.04 Å². The molecule has 1 aliphatic rings. The van der Waals surface area contributed by atoms with E-state index in [1.165, 1.54) is 11.7 Å². The number of thiazole rings is 1. The molecule has 0 aromatic carbocycles. The van der Waals surface area contributed by atoms with Crippen LogP contribution >= 0.6 is 11.3 Å². The van der Waals surface area contributed by atoms with E-state index < -0.39 is 12.0 Å². The van der Waals surface area contributed by atoms with Gasteiger partial charge in [-0.15, -0.1) is 11.3 Å². The van der Waals surface area contributed by atoms with Gasteiger partial charge in [-0.2, -0.15) is 5.26 Å². The molecule has 8 nitrogen and oxygen atoms in total. The number of nitriles is 1. The molecule has 1 aliphatic heterocycles. The van der Waals surface area contributed by atoms with Crippen molar-refractivity contribution < 1.29 is 9.53 Å². The molecular weight excluding hydrogens is 402 g/mol. The minimum absolute atomic E-state index is 0.00266. The van der Waals surface area contributed by atoms with Crippen LogP contribution in [0.15, 0.2) is 65.1 Å². The molecule has 0 amide bonds. The topological polar surface area (TPSA) is 124 Å². The molecule has 3 aromatic heterocycles. The number of nitrogens with zero attached hydrogens (tertiary/aromatic N) is 4. The van der Waals surface area contributed by atoms with Crippen LogP contribution in [0.25, 0.3) is 11.6 Å². The largest absolute Gasteiger partial charge is 0.465 e. The summed E-state index contributed by atoms with van der Waals surface area (Å²) in [6.07, 6.45) is 8.09. The number of esters is 1. The fourth-order valence-corrected chi connectivity index (χ4v) is 4.50. The van der Waals surface area contributed by atoms with Crippen molar-refractivity contribution in [3.05, 3.63) is 91.0 Å². The summed E-state index contributed by atoms with van der Waals surface area (Å²) in [6, 6.07) is 8.24. The van der Waals surface area contributed by atoms with Gasteiger partial charge in [-0.1, -0.05) is 0 Å². The highest BCUT2D eigenvalue weighted by atomic mass is 32.1. The first kappa shape index (κ1) is 19.3. The molecule has 0 saturated heterocycles. The number of allylic oxidation sites excluding steroid dienone is 1. The Labute approximate surface area is 174 Å². The van der Waals surface area contributed by atoms with Crippen molar-refractivity contribution in [2.24, 2.45) is 5.73 Å². The van der Waals surface area contributed by atoms with Crippen molar-refractivity contribution >= 4 is 29.0 Å². The van der Waals surface area contributed by atoms with Crippen LogP contribution in [-0.2, 0) is 9.53 Å². The molecule has 0 bridgehead atoms. The molecule has 30 heavy (non-hydrogen) atoms. The second-order valence-electron chi connectivity index (χ2n) is 6.36. The lowest BCUT2D eigenvalue weighted by Gasteiger charge is -2.24. The highest BCUT2D eigenvalue weighted by molar-refractivity contribution is 7.07. The number of rotatable bonds is 3. The van der Waals surface area contributed by atoms with E-state index >= 15 is 0 Å². The molecule has 0 aliphatic carbocycles. The van der Waals surface area contributed by atoms with Crippen LogP contribution in [0.1, 0.15) is 17.2 Å². The molecule has 0 radical (unpaired) electrons. The Hall–Kier alpha value is -4.03. The number of nitrogens with two attached hydrogens (primary N) is 1. The van der Waals surface area contributed by atoms with E-state index in [4.69, 9.17) is 10.5 Å². The number of carbonyl (C=O) groups excluding carboxylic acids is 1. The monoisotopic (exact) mass is 417 g/mol. The molecule has 0 spiro atoms. The maximum absolute atomic E-state index is 13.4. The van der Waals surface area contributed by atoms with Crippen LogP contribution in [0.3, 0.4) is 0 Å². The smallest absolute Gasteiger partial charge is 0.343 e. The Bertz CT molecular complexity index is 1380. The standard InChI is InChI=1S/C21H15N5O3S/c1-29-21(28)16-17(23)14(11-22)18(13-4-8-25-9-5-13)26-19(27)15(30-20(16)26)10-12-2-6-24-7-3-12/h2-10,18H,23H2,1H3. The third-order valence-corrected chi connectivity index (χ3v) is 5.80. The maximum atomic E-state index is 13.4. The van der Waals surface area contributed by atoms with Gasteiger partial charge in [-0.3, -0.25) is 19.3 Å². The molecular formula is C21H15N5O3S. The maximum Gasteiger partial charge on any atom is 0.343 e. The van der Waals surface area contributed by atoms with Crippen LogP contribution in [-0.4, -0.2) is 27.6 Å². The molecule has 0 saturated carbocycles. The van der Waals surface area contributed by atoms with Gasteiger partial charge in [-0.25, -0.2) is 4.79 Å². The Balaban J connectivity index is 2.12. The number of carbonyl (C=O) groups is 1. The average Bonchev–Trinajstić information content (AvgIpc) is 3.09. The first-order valence-corrected chi connectivity index (χ1v) is 9.64. The second kappa shape index (κ2) is 7.77. The molecule has 4 rings (SSSR count). The number of aromatic nitrogens is 3. The van der Waals surface area contributed by atoms with Gasteiger partial charge in [0.15, 0.2) is 0 Å². The zero-order chi connectivity index (χ0) is 21.3. The number of methoxy groups -OCH3 is 1. The van der Waals surface area contributed by atoms with E-state index in [0.717, 1.165) is 16.9 Å². The minimum atomic E-state index is -0.773. The lowest BCUT2D eigenvalue weighted by atomic mass is 9.93. The first-order valence-electron chi connectivity index (χ1n) is 8.82. The third kappa shape index (κ3) is 3.09. The zero-order valence-electron chi connectivity index (χ0n) is 15.8. The highest BCUT2D eigenvalue weighted by Crippen LogP contribution is 2.30. The van der Waals surface area contributed by atoms with Gasteiger partial charge in [0.2, 0.25) is 0 Å². The molecule has 1 atom stereocenters. The highest BCUT2D eigenvalue weighted by Gasteiger charge is 2.34. The number of ether oxygens (including phenoxy) is 1. The molecule has 1 unspecified atom stereocenters. The van der Waals surface area contributed by atoms with Gasteiger partial charge in [0.05, 0.1) is 29.0 Å². The summed E-state index contributed by atoms with van der Waals surface area (Å²) in [5.74, 6) is -0.709. The predicted octanol–water partition coefficient (Wildman–Crippen LogP) is 0.192. The van der Waals surface area contributed by atoms with Gasteiger partial charge in [0, 0.05) is 24.8 Å². The fourth-order valence-electron chi connectivity index (χ4n) is 3.32. The molecule has 0 fully saturated rings. The van der Waals surface area contributed by atoms with Crippen molar-refractivity contribution in [1.29, 1.82) is 5.26 Å². The van der Waals surface area contributed by atoms with Gasteiger partial charge in [0.1, 0.15) is 16.3 Å². The molecule has 3 aromatic rings. The zero-order valence-corrected chi connectivity index (χ0v) is 16.6. The van der Waals surface area contributed by atoms with Crippen LogP contribution in [0.2, 0.25) is 0 Å². The Kier molecular flexibility index (Phi) is 5.00. The van der Waals surface area contributed by atoms with E-state index in [-0.39, 0.29) is 22.4 Å². The Morgan fingerprint density at radius 1 is 1.23 bits per heavy atom. The van der Waals surface area contributed by atoms with Crippen LogP contribution < -0.4 is 20.5 Å². The SMILES string of the molecule is COC(=O)C1=c2sc(=Cc3ccncc3)c(=O)n2C(c2ccncc2)C(C#N)=C1N. The quantitative estimate of drug-likeness (QED) is 0.603. The van der Waals surface area contributed by atoms with E-state index in [1.807, 2.05) is 0 Å².